The van der Waals surface area contributed by atoms with Gasteiger partial charge in [-0.1, -0.05) is 60.7 Å². The zero-order valence-corrected chi connectivity index (χ0v) is 24.8. The molecule has 0 aromatic heterocycles. The predicted molar refractivity (Wildman–Crippen MR) is 168 cm³/mol. The van der Waals surface area contributed by atoms with Crippen LogP contribution in [0.1, 0.15) is 35.4 Å². The van der Waals surface area contributed by atoms with Gasteiger partial charge in [0.2, 0.25) is 0 Å². The van der Waals surface area contributed by atoms with Crippen LogP contribution in [0.3, 0.4) is 0 Å². The molecule has 0 unspecified atom stereocenters. The number of aliphatic hydroxyl groups excluding tert-OH is 1. The molecule has 0 saturated carbocycles. The van der Waals surface area contributed by atoms with Crippen LogP contribution < -0.4 is 19.5 Å². The predicted octanol–water partition coefficient (Wildman–Crippen LogP) is 6.39. The molecular formula is C36H43NO5. The lowest BCUT2D eigenvalue weighted by atomic mass is 9.72. The molecule has 6 heteroatoms. The number of hydrogen-bond acceptors (Lipinski definition) is 6. The maximum Gasteiger partial charge on any atom is 0.126 e. The summed E-state index contributed by atoms with van der Waals surface area (Å²) in [6.07, 6.45) is 2.80. The van der Waals surface area contributed by atoms with Crippen LogP contribution in [0.2, 0.25) is 0 Å². The van der Waals surface area contributed by atoms with Gasteiger partial charge < -0.3 is 29.4 Å². The van der Waals surface area contributed by atoms with Crippen molar-refractivity contribution in [2.75, 3.05) is 47.1 Å². The SMILES string of the molecule is COc1ccccc1COCCCOc1ccc([C@H]2[C@H](CO)CNC[C@@H]2CCc2cc(OC)c3ccccc3c2)cc1. The molecule has 0 amide bonds. The van der Waals surface area contributed by atoms with E-state index in [1.165, 1.54) is 16.5 Å². The molecule has 1 heterocycles. The van der Waals surface area contributed by atoms with Crippen molar-refractivity contribution in [1.29, 1.82) is 0 Å². The van der Waals surface area contributed by atoms with Crippen LogP contribution in [-0.4, -0.2) is 52.2 Å². The Morgan fingerprint density at radius 1 is 0.810 bits per heavy atom. The molecule has 0 radical (unpaired) electrons. The number of fused-ring (bicyclic) bond motifs is 1. The minimum atomic E-state index is 0.172. The second-order valence-electron chi connectivity index (χ2n) is 11.1. The summed E-state index contributed by atoms with van der Waals surface area (Å²) in [5.74, 6) is 3.52. The van der Waals surface area contributed by atoms with Gasteiger partial charge in [0, 0.05) is 36.4 Å². The molecule has 6 nitrogen and oxygen atoms in total. The van der Waals surface area contributed by atoms with Gasteiger partial charge in [-0.3, -0.25) is 0 Å². The third-order valence-corrected chi connectivity index (χ3v) is 8.39. The summed E-state index contributed by atoms with van der Waals surface area (Å²) in [4.78, 5) is 0. The summed E-state index contributed by atoms with van der Waals surface area (Å²) in [6.45, 7) is 3.68. The normalized spacial score (nSPS) is 18.6. The average molecular weight is 570 g/mol. The fraction of sp³-hybridized carbons (Fsp3) is 0.389. The highest BCUT2D eigenvalue weighted by atomic mass is 16.5. The number of ether oxygens (including phenoxy) is 4. The molecule has 1 aliphatic heterocycles. The molecule has 1 aliphatic rings. The summed E-state index contributed by atoms with van der Waals surface area (Å²) >= 11 is 0. The van der Waals surface area contributed by atoms with Gasteiger partial charge in [-0.25, -0.2) is 0 Å². The van der Waals surface area contributed by atoms with Gasteiger partial charge in [0.05, 0.1) is 34.0 Å². The summed E-state index contributed by atoms with van der Waals surface area (Å²) in [7, 11) is 3.42. The highest BCUT2D eigenvalue weighted by Gasteiger charge is 2.33. The average Bonchev–Trinajstić information content (AvgIpc) is 3.05. The Balaban J connectivity index is 1.15. The van der Waals surface area contributed by atoms with Crippen LogP contribution in [0.5, 0.6) is 17.2 Å². The van der Waals surface area contributed by atoms with Crippen LogP contribution >= 0.6 is 0 Å². The van der Waals surface area contributed by atoms with E-state index in [9.17, 15) is 5.11 Å². The van der Waals surface area contributed by atoms with Crippen molar-refractivity contribution in [3.05, 3.63) is 102 Å². The fourth-order valence-electron chi connectivity index (χ4n) is 6.24. The van der Waals surface area contributed by atoms with Crippen molar-refractivity contribution in [3.63, 3.8) is 0 Å². The standard InChI is InChI=1S/C36H43NO5/c1-39-34-11-6-4-9-30(34)25-41-18-7-19-42-32-16-14-27(15-17-32)36-29(22-37-23-31(36)24-38)13-12-26-20-28-8-3-5-10-33(28)35(21-26)40-2/h3-6,8-11,14-17,20-21,29,31,36-38H,7,12-13,18-19,22-25H2,1-2H3/t29-,31-,36+/m0/s1. The minimum Gasteiger partial charge on any atom is -0.496 e. The smallest absolute Gasteiger partial charge is 0.126 e. The third kappa shape index (κ3) is 7.43. The molecule has 1 saturated heterocycles. The molecule has 4 aromatic rings. The molecule has 2 N–H and O–H groups in total. The lowest BCUT2D eigenvalue weighted by Crippen LogP contribution is -2.43. The van der Waals surface area contributed by atoms with Gasteiger partial charge in [-0.05, 0) is 72.0 Å². The summed E-state index contributed by atoms with van der Waals surface area (Å²) < 4.78 is 22.9. The number of methoxy groups -OCH3 is 2. The first-order valence-electron chi connectivity index (χ1n) is 15.0. The van der Waals surface area contributed by atoms with Crippen LogP contribution in [-0.2, 0) is 17.8 Å². The van der Waals surface area contributed by atoms with Crippen molar-refractivity contribution in [3.8, 4) is 17.2 Å². The minimum absolute atomic E-state index is 0.172. The van der Waals surface area contributed by atoms with Gasteiger partial charge in [-0.15, -0.1) is 0 Å². The zero-order valence-electron chi connectivity index (χ0n) is 24.8. The molecule has 0 bridgehead atoms. The van der Waals surface area contributed by atoms with E-state index in [2.05, 4.69) is 59.9 Å². The molecule has 1 fully saturated rings. The second-order valence-corrected chi connectivity index (χ2v) is 11.1. The Morgan fingerprint density at radius 3 is 2.38 bits per heavy atom. The number of para-hydroxylation sites is 1. The van der Waals surface area contributed by atoms with E-state index in [-0.39, 0.29) is 18.4 Å². The quantitative estimate of drug-likeness (QED) is 0.172. The maximum atomic E-state index is 10.3. The lowest BCUT2D eigenvalue weighted by molar-refractivity contribution is 0.105. The molecule has 222 valence electrons. The molecule has 0 spiro atoms. The Labute approximate surface area is 249 Å². The van der Waals surface area contributed by atoms with E-state index in [0.29, 0.717) is 25.7 Å². The Kier molecular flexibility index (Phi) is 10.7. The molecule has 5 rings (SSSR count). The zero-order chi connectivity index (χ0) is 29.1. The van der Waals surface area contributed by atoms with Crippen molar-refractivity contribution in [2.24, 2.45) is 11.8 Å². The van der Waals surface area contributed by atoms with Gasteiger partial charge in [0.1, 0.15) is 17.2 Å². The second kappa shape index (κ2) is 15.1. The topological polar surface area (TPSA) is 69.2 Å². The van der Waals surface area contributed by atoms with Crippen molar-refractivity contribution in [1.82, 2.24) is 5.32 Å². The molecular weight excluding hydrogens is 526 g/mol. The van der Waals surface area contributed by atoms with E-state index in [1.807, 2.05) is 30.3 Å². The Hall–Kier alpha value is -3.58. The number of rotatable bonds is 14. The molecule has 42 heavy (non-hydrogen) atoms. The number of nitrogens with one attached hydrogen (secondary N) is 1. The third-order valence-electron chi connectivity index (χ3n) is 8.39. The molecule has 0 aliphatic carbocycles. The summed E-state index contributed by atoms with van der Waals surface area (Å²) in [5.41, 5.74) is 3.60. The van der Waals surface area contributed by atoms with Gasteiger partial charge in [0.15, 0.2) is 0 Å². The summed E-state index contributed by atoms with van der Waals surface area (Å²) in [5, 5.41) is 16.2. The van der Waals surface area contributed by atoms with Gasteiger partial charge >= 0.3 is 0 Å². The van der Waals surface area contributed by atoms with E-state index in [4.69, 9.17) is 18.9 Å². The molecule has 4 aromatic carbocycles. The van der Waals surface area contributed by atoms with Gasteiger partial charge in [0.25, 0.3) is 0 Å². The number of aryl methyl sites for hydroxylation is 1. The van der Waals surface area contributed by atoms with Crippen LogP contribution in [0, 0.1) is 11.8 Å². The van der Waals surface area contributed by atoms with Gasteiger partial charge in [-0.2, -0.15) is 0 Å². The number of hydrogen-bond donors (Lipinski definition) is 2. The highest BCUT2D eigenvalue weighted by molar-refractivity contribution is 5.89. The first-order chi connectivity index (χ1) is 20.7. The largest absolute Gasteiger partial charge is 0.496 e. The van der Waals surface area contributed by atoms with E-state index >= 15 is 0 Å². The number of piperidine rings is 1. The highest BCUT2D eigenvalue weighted by Crippen LogP contribution is 2.38. The first kappa shape index (κ1) is 29.9. The number of benzene rings is 4. The van der Waals surface area contributed by atoms with E-state index in [0.717, 1.165) is 60.6 Å². The monoisotopic (exact) mass is 569 g/mol. The van der Waals surface area contributed by atoms with Crippen LogP contribution in [0.25, 0.3) is 10.8 Å². The number of aliphatic hydroxyl groups is 1. The summed E-state index contributed by atoms with van der Waals surface area (Å²) in [6, 6.07) is 29.2. The van der Waals surface area contributed by atoms with Crippen molar-refractivity contribution in [2.45, 2.75) is 31.8 Å². The van der Waals surface area contributed by atoms with E-state index < -0.39 is 0 Å². The Morgan fingerprint density at radius 2 is 1.57 bits per heavy atom. The molecule has 3 atom stereocenters. The van der Waals surface area contributed by atoms with Crippen molar-refractivity contribution < 1.29 is 24.1 Å². The maximum absolute atomic E-state index is 10.3. The van der Waals surface area contributed by atoms with Crippen LogP contribution in [0.4, 0.5) is 0 Å². The first-order valence-corrected chi connectivity index (χ1v) is 15.0. The van der Waals surface area contributed by atoms with Crippen molar-refractivity contribution >= 4 is 10.8 Å². The van der Waals surface area contributed by atoms with Crippen LogP contribution in [0.15, 0.2) is 84.9 Å². The fourth-order valence-corrected chi connectivity index (χ4v) is 6.24. The van der Waals surface area contributed by atoms with E-state index in [1.54, 1.807) is 14.2 Å². The Bertz CT molecular complexity index is 1410. The lowest BCUT2D eigenvalue weighted by Gasteiger charge is -2.38.